The molecule has 3 saturated carbocycles. The van der Waals surface area contributed by atoms with Crippen LogP contribution in [0.25, 0.3) is 0 Å². The van der Waals surface area contributed by atoms with Crippen LogP contribution < -0.4 is 0 Å². The zero-order valence-corrected chi connectivity index (χ0v) is 20.8. The van der Waals surface area contributed by atoms with Crippen LogP contribution in [0.2, 0.25) is 0 Å². The maximum atomic E-state index is 2.47. The molecule has 1 aromatic rings. The standard InChI is InChI=1S/C31H50/c1-3-5-7-25-14-17-28(18-15-25)30-21-20-29-22-27(16-19-31(29)23-30)13-12-26-10-8-24(6-4-2)9-11-26/h14-15,17-18,24,26-27,29-31H,3-13,16,19-23H2,1-2H3. The molecule has 0 aliphatic heterocycles. The molecule has 31 heavy (non-hydrogen) atoms. The second-order valence-corrected chi connectivity index (χ2v) is 11.8. The van der Waals surface area contributed by atoms with Gasteiger partial charge in [-0.15, -0.1) is 0 Å². The Labute approximate surface area is 194 Å². The van der Waals surface area contributed by atoms with E-state index in [1.807, 2.05) is 0 Å². The van der Waals surface area contributed by atoms with Crippen LogP contribution in [0.1, 0.15) is 134 Å². The van der Waals surface area contributed by atoms with E-state index >= 15 is 0 Å². The molecule has 4 rings (SSSR count). The van der Waals surface area contributed by atoms with Gasteiger partial charge in [-0.3, -0.25) is 0 Å². The van der Waals surface area contributed by atoms with E-state index in [-0.39, 0.29) is 0 Å². The van der Waals surface area contributed by atoms with Gasteiger partial charge in [-0.2, -0.15) is 0 Å². The van der Waals surface area contributed by atoms with Gasteiger partial charge in [0.1, 0.15) is 0 Å². The topological polar surface area (TPSA) is 0 Å². The van der Waals surface area contributed by atoms with E-state index in [4.69, 9.17) is 0 Å². The van der Waals surface area contributed by atoms with Crippen molar-refractivity contribution in [3.05, 3.63) is 35.4 Å². The Hall–Kier alpha value is -0.780. The Kier molecular flexibility index (Phi) is 8.98. The highest BCUT2D eigenvalue weighted by Crippen LogP contribution is 2.49. The van der Waals surface area contributed by atoms with Crippen molar-refractivity contribution in [3.8, 4) is 0 Å². The summed E-state index contributed by atoms with van der Waals surface area (Å²) >= 11 is 0. The van der Waals surface area contributed by atoms with Gasteiger partial charge in [0.25, 0.3) is 0 Å². The minimum atomic E-state index is 0.844. The van der Waals surface area contributed by atoms with Crippen molar-refractivity contribution >= 4 is 0 Å². The number of aryl methyl sites for hydroxylation is 1. The normalized spacial score (nSPS) is 33.7. The Balaban J connectivity index is 1.18. The quantitative estimate of drug-likeness (QED) is 0.371. The molecule has 3 aliphatic rings. The van der Waals surface area contributed by atoms with Crippen molar-refractivity contribution in [2.24, 2.45) is 29.6 Å². The summed E-state index contributed by atoms with van der Waals surface area (Å²) in [7, 11) is 0. The molecule has 1 aromatic carbocycles. The number of unbranched alkanes of at least 4 members (excludes halogenated alkanes) is 1. The highest BCUT2D eigenvalue weighted by Gasteiger charge is 2.36. The summed E-state index contributed by atoms with van der Waals surface area (Å²) in [6.07, 6.45) is 25.1. The number of rotatable bonds is 9. The molecule has 0 amide bonds. The number of fused-ring (bicyclic) bond motifs is 1. The third kappa shape index (κ3) is 6.61. The molecule has 0 radical (unpaired) electrons. The first kappa shape index (κ1) is 23.4. The fourth-order valence-electron chi connectivity index (χ4n) is 7.58. The van der Waals surface area contributed by atoms with Gasteiger partial charge in [0.2, 0.25) is 0 Å². The maximum absolute atomic E-state index is 2.47. The lowest BCUT2D eigenvalue weighted by atomic mass is 9.63. The van der Waals surface area contributed by atoms with Crippen LogP contribution in [0, 0.1) is 29.6 Å². The molecule has 174 valence electrons. The van der Waals surface area contributed by atoms with Crippen LogP contribution in [0.15, 0.2) is 24.3 Å². The minimum absolute atomic E-state index is 0.844. The first-order chi connectivity index (χ1) is 15.2. The van der Waals surface area contributed by atoms with E-state index in [1.165, 1.54) is 77.0 Å². The second-order valence-electron chi connectivity index (χ2n) is 11.8. The number of hydrogen-bond donors (Lipinski definition) is 0. The average molecular weight is 423 g/mol. The third-order valence-corrected chi connectivity index (χ3v) is 9.64. The van der Waals surface area contributed by atoms with Crippen LogP contribution in [-0.2, 0) is 6.42 Å². The molecular weight excluding hydrogens is 372 g/mol. The number of hydrogen-bond acceptors (Lipinski definition) is 0. The fraction of sp³-hybridized carbons (Fsp3) is 0.806. The highest BCUT2D eigenvalue weighted by molar-refractivity contribution is 5.26. The molecule has 0 N–H and O–H groups in total. The molecule has 4 atom stereocenters. The smallest absolute Gasteiger partial charge is 0.0159 e. The van der Waals surface area contributed by atoms with Gasteiger partial charge in [0.05, 0.1) is 0 Å². The van der Waals surface area contributed by atoms with E-state index in [0.29, 0.717) is 0 Å². The molecule has 0 heterocycles. The van der Waals surface area contributed by atoms with Crippen LogP contribution in [0.3, 0.4) is 0 Å². The van der Waals surface area contributed by atoms with E-state index in [0.717, 1.165) is 35.5 Å². The summed E-state index contributed by atoms with van der Waals surface area (Å²) in [5, 5.41) is 0. The third-order valence-electron chi connectivity index (χ3n) is 9.64. The van der Waals surface area contributed by atoms with Crippen molar-refractivity contribution in [2.75, 3.05) is 0 Å². The average Bonchev–Trinajstić information content (AvgIpc) is 2.82. The van der Waals surface area contributed by atoms with E-state index in [9.17, 15) is 0 Å². The van der Waals surface area contributed by atoms with Crippen molar-refractivity contribution < 1.29 is 0 Å². The van der Waals surface area contributed by atoms with Gasteiger partial charge in [-0.05, 0) is 91.6 Å². The predicted molar refractivity (Wildman–Crippen MR) is 136 cm³/mol. The summed E-state index contributed by atoms with van der Waals surface area (Å²) in [6.45, 7) is 4.65. The van der Waals surface area contributed by atoms with Gasteiger partial charge in [0, 0.05) is 0 Å². The molecule has 0 aromatic heterocycles. The van der Waals surface area contributed by atoms with Gasteiger partial charge in [-0.25, -0.2) is 0 Å². The maximum Gasteiger partial charge on any atom is -0.0159 e. The fourth-order valence-corrected chi connectivity index (χ4v) is 7.58. The summed E-state index contributed by atoms with van der Waals surface area (Å²) in [6, 6.07) is 9.78. The highest BCUT2D eigenvalue weighted by atomic mass is 14.4. The van der Waals surface area contributed by atoms with Gasteiger partial charge in [0.15, 0.2) is 0 Å². The van der Waals surface area contributed by atoms with Gasteiger partial charge < -0.3 is 0 Å². The largest absolute Gasteiger partial charge is 0.0654 e. The zero-order valence-electron chi connectivity index (χ0n) is 20.8. The molecular formula is C31H50. The Morgan fingerprint density at radius 1 is 0.613 bits per heavy atom. The SMILES string of the molecule is CCCCc1ccc(C2CCC3CC(CCC4CCC(CCC)CC4)CCC3C2)cc1. The molecule has 0 bridgehead atoms. The Bertz CT molecular complexity index is 620. The van der Waals surface area contributed by atoms with E-state index < -0.39 is 0 Å². The monoisotopic (exact) mass is 422 g/mol. The molecule has 0 saturated heterocycles. The molecule has 3 aliphatic carbocycles. The van der Waals surface area contributed by atoms with E-state index in [2.05, 4.69) is 38.1 Å². The molecule has 4 unspecified atom stereocenters. The zero-order chi connectivity index (χ0) is 21.5. The van der Waals surface area contributed by atoms with Crippen LogP contribution in [-0.4, -0.2) is 0 Å². The molecule has 3 fully saturated rings. The summed E-state index contributed by atoms with van der Waals surface area (Å²) < 4.78 is 0. The van der Waals surface area contributed by atoms with Crippen molar-refractivity contribution in [1.29, 1.82) is 0 Å². The summed E-state index contributed by atoms with van der Waals surface area (Å²) in [5.74, 6) is 6.12. The second kappa shape index (κ2) is 11.9. The first-order valence-electron chi connectivity index (χ1n) is 14.3. The lowest BCUT2D eigenvalue weighted by Gasteiger charge is -2.43. The van der Waals surface area contributed by atoms with Crippen molar-refractivity contribution in [3.63, 3.8) is 0 Å². The number of benzene rings is 1. The molecule has 0 spiro atoms. The lowest BCUT2D eigenvalue weighted by Crippen LogP contribution is -2.30. The summed E-state index contributed by atoms with van der Waals surface area (Å²) in [4.78, 5) is 0. The molecule has 0 heteroatoms. The predicted octanol–water partition coefficient (Wildman–Crippen LogP) is 9.72. The van der Waals surface area contributed by atoms with Crippen molar-refractivity contribution in [2.45, 2.75) is 129 Å². The van der Waals surface area contributed by atoms with Gasteiger partial charge >= 0.3 is 0 Å². The molecule has 0 nitrogen and oxygen atoms in total. The van der Waals surface area contributed by atoms with Crippen molar-refractivity contribution in [1.82, 2.24) is 0 Å². The Morgan fingerprint density at radius 2 is 1.23 bits per heavy atom. The van der Waals surface area contributed by atoms with Crippen LogP contribution >= 0.6 is 0 Å². The van der Waals surface area contributed by atoms with Crippen LogP contribution in [0.4, 0.5) is 0 Å². The van der Waals surface area contributed by atoms with Crippen LogP contribution in [0.5, 0.6) is 0 Å². The minimum Gasteiger partial charge on any atom is -0.0654 e. The summed E-state index contributed by atoms with van der Waals surface area (Å²) in [5.41, 5.74) is 3.18. The first-order valence-corrected chi connectivity index (χ1v) is 14.3. The van der Waals surface area contributed by atoms with Gasteiger partial charge in [-0.1, -0.05) is 102 Å². The lowest BCUT2D eigenvalue weighted by molar-refractivity contribution is 0.108. The Morgan fingerprint density at radius 3 is 1.94 bits per heavy atom. The van der Waals surface area contributed by atoms with E-state index in [1.54, 1.807) is 43.2 Å².